The van der Waals surface area contributed by atoms with Gasteiger partial charge >= 0.3 is 11.9 Å². The predicted octanol–water partition coefficient (Wildman–Crippen LogP) is 10.3. The average Bonchev–Trinajstić information content (AvgIpc) is 3.00. The lowest BCUT2D eigenvalue weighted by Gasteiger charge is -2.46. The molecule has 1 aliphatic rings. The van der Waals surface area contributed by atoms with E-state index in [-0.39, 0.29) is 18.1 Å². The zero-order chi connectivity index (χ0) is 38.1. The number of hydrogen-bond acceptors (Lipinski definition) is 7. The molecule has 7 nitrogen and oxygen atoms in total. The van der Waals surface area contributed by atoms with E-state index < -0.39 is 40.8 Å². The van der Waals surface area contributed by atoms with Crippen molar-refractivity contribution in [2.75, 3.05) is 7.11 Å². The van der Waals surface area contributed by atoms with Crippen LogP contribution in [0.15, 0.2) is 71.9 Å². The van der Waals surface area contributed by atoms with Crippen LogP contribution >= 0.6 is 0 Å². The number of allylic oxidation sites excluding steroid dienone is 6. The van der Waals surface area contributed by atoms with Crippen LogP contribution in [0.25, 0.3) is 0 Å². The molecule has 50 heavy (non-hydrogen) atoms. The molecule has 284 valence electrons. The van der Waals surface area contributed by atoms with Gasteiger partial charge in [0.05, 0.1) is 25.4 Å². The number of methoxy groups -OCH3 is 1. The monoisotopic (exact) mass is 730 g/mol. The molecule has 0 aromatic carbocycles. The molecule has 1 rings (SSSR count). The Bertz CT molecular complexity index is 1200. The van der Waals surface area contributed by atoms with Crippen molar-refractivity contribution >= 4 is 28.6 Å². The summed E-state index contributed by atoms with van der Waals surface area (Å²) in [6.45, 7) is 26.5. The molecule has 9 heteroatoms. The molecule has 1 heterocycles. The Morgan fingerprint density at radius 2 is 1.58 bits per heavy atom. The molecule has 0 spiro atoms. The lowest BCUT2D eigenvalue weighted by atomic mass is 9.95. The van der Waals surface area contributed by atoms with Crippen molar-refractivity contribution in [2.45, 2.75) is 162 Å². The number of carbonyl (C=O) groups is 2. The lowest BCUT2D eigenvalue weighted by Crippen LogP contribution is -2.53. The number of hydrogen-bond donors (Lipinski definition) is 1. The fraction of sp³-hybridized carbons (Fsp3) is 0.659. The van der Waals surface area contributed by atoms with E-state index in [9.17, 15) is 14.7 Å². The largest absolute Gasteiger partial charge is 0.466 e. The second kappa shape index (κ2) is 22.6. The van der Waals surface area contributed by atoms with E-state index in [2.05, 4.69) is 92.4 Å². The highest BCUT2D eigenvalue weighted by Gasteiger charge is 2.47. The lowest BCUT2D eigenvalue weighted by molar-refractivity contribution is -0.144. The Labute approximate surface area is 307 Å². The summed E-state index contributed by atoms with van der Waals surface area (Å²) in [4.78, 5) is 24.5. The summed E-state index contributed by atoms with van der Waals surface area (Å²) in [7, 11) is -2.86. The standard InChI is InChI=1S/C41H70O7Si2/c1-30(2)50(31(3)4,32(5)6)48-38-26-25-36(42)21-17-15-19-23-41(44)46-39(35(9)28-34(8)24-27-40(43)45-10)29-33(7)20-16-14-18-22-37(38)47-49(11,12)13/h14,16,19-20,23-28,30-32,35-39,42H,15,17-18,21-22,29H2,1-13H3/t35-,36+,37+,38+,39-/m0/s1. The molecular formula is C41H70O7Si2. The van der Waals surface area contributed by atoms with Crippen LogP contribution in [0, 0.1) is 5.92 Å². The van der Waals surface area contributed by atoms with Gasteiger partial charge < -0.3 is 23.4 Å². The predicted molar refractivity (Wildman–Crippen MR) is 213 cm³/mol. The third-order valence-corrected chi connectivity index (χ3v) is 16.4. The molecule has 0 aliphatic carbocycles. The summed E-state index contributed by atoms with van der Waals surface area (Å²) in [5, 5.41) is 11.0. The molecule has 0 unspecified atom stereocenters. The Hall–Kier alpha value is -2.31. The van der Waals surface area contributed by atoms with Crippen molar-refractivity contribution in [2.24, 2.45) is 5.92 Å². The maximum atomic E-state index is 12.9. The van der Waals surface area contributed by atoms with Gasteiger partial charge in [0, 0.05) is 24.5 Å². The number of carbonyl (C=O) groups excluding carboxylic acids is 2. The summed E-state index contributed by atoms with van der Waals surface area (Å²) >= 11 is 0. The molecule has 0 amide bonds. The molecule has 0 fully saturated rings. The molecule has 1 N–H and O–H groups in total. The van der Waals surface area contributed by atoms with E-state index in [1.807, 2.05) is 32.1 Å². The normalized spacial score (nSPS) is 23.7. The van der Waals surface area contributed by atoms with E-state index in [1.54, 1.807) is 6.08 Å². The minimum absolute atomic E-state index is 0.101. The average molecular weight is 731 g/mol. The summed E-state index contributed by atoms with van der Waals surface area (Å²) in [6.07, 6.45) is 21.4. The van der Waals surface area contributed by atoms with Gasteiger partial charge in [-0.3, -0.25) is 0 Å². The SMILES string of the molecule is COC(=O)C=CC(C)=C[C@H](C)[C@@H]1CC(C)=CC=CCC[C@@H](O[Si](C)(C)C)[C@H](O[Si](C(C)C)(C(C)C)C(C)C)C=C[C@H](O)CCCC=CC(=O)O1. The van der Waals surface area contributed by atoms with Crippen LogP contribution in [0.5, 0.6) is 0 Å². The van der Waals surface area contributed by atoms with Crippen LogP contribution in [-0.2, 0) is 27.9 Å². The topological polar surface area (TPSA) is 91.3 Å². The molecular weight excluding hydrogens is 661 g/mol. The first-order chi connectivity index (χ1) is 23.3. The van der Waals surface area contributed by atoms with Crippen LogP contribution in [0.3, 0.4) is 0 Å². The van der Waals surface area contributed by atoms with E-state index in [0.717, 1.165) is 30.4 Å². The van der Waals surface area contributed by atoms with Gasteiger partial charge in [0.2, 0.25) is 8.32 Å². The second-order valence-electron chi connectivity index (χ2n) is 15.8. The second-order valence-corrected chi connectivity index (χ2v) is 25.6. The molecule has 0 aromatic rings. The number of ether oxygens (including phenoxy) is 2. The number of rotatable bonds is 11. The maximum Gasteiger partial charge on any atom is 0.330 e. The van der Waals surface area contributed by atoms with Crippen LogP contribution in [0.4, 0.5) is 0 Å². The van der Waals surface area contributed by atoms with E-state index >= 15 is 0 Å². The van der Waals surface area contributed by atoms with Crippen molar-refractivity contribution in [1.29, 1.82) is 0 Å². The fourth-order valence-corrected chi connectivity index (χ4v) is 13.6. The quantitative estimate of drug-likeness (QED) is 0.0744. The number of esters is 2. The first-order valence-electron chi connectivity index (χ1n) is 18.7. The van der Waals surface area contributed by atoms with Gasteiger partial charge in [0.25, 0.3) is 0 Å². The highest BCUT2D eigenvalue weighted by Crippen LogP contribution is 2.44. The molecule has 0 radical (unpaired) electrons. The fourth-order valence-electron chi connectivity index (χ4n) is 6.93. The third kappa shape index (κ3) is 16.8. The van der Waals surface area contributed by atoms with Crippen molar-refractivity contribution in [3.05, 3.63) is 71.9 Å². The van der Waals surface area contributed by atoms with Crippen molar-refractivity contribution in [3.63, 3.8) is 0 Å². The molecule has 5 atom stereocenters. The molecule has 0 aromatic heterocycles. The molecule has 0 saturated heterocycles. The van der Waals surface area contributed by atoms with Gasteiger partial charge in [-0.15, -0.1) is 0 Å². The van der Waals surface area contributed by atoms with E-state index in [1.165, 1.54) is 19.3 Å². The Kier molecular flexibility index (Phi) is 20.7. The summed E-state index contributed by atoms with van der Waals surface area (Å²) in [6, 6.07) is 0. The molecule has 0 bridgehead atoms. The molecule has 0 saturated carbocycles. The van der Waals surface area contributed by atoms with Crippen molar-refractivity contribution < 1.29 is 33.0 Å². The van der Waals surface area contributed by atoms with Gasteiger partial charge in [-0.25, -0.2) is 9.59 Å². The highest BCUT2D eigenvalue weighted by molar-refractivity contribution is 6.77. The Morgan fingerprint density at radius 1 is 0.940 bits per heavy atom. The third-order valence-electron chi connectivity index (χ3n) is 9.29. The van der Waals surface area contributed by atoms with E-state index in [4.69, 9.17) is 18.3 Å². The minimum Gasteiger partial charge on any atom is -0.466 e. The number of aliphatic hydroxyl groups is 1. The molecule has 1 aliphatic heterocycles. The maximum absolute atomic E-state index is 12.9. The minimum atomic E-state index is -2.26. The summed E-state index contributed by atoms with van der Waals surface area (Å²) in [5.74, 6) is -0.911. The summed E-state index contributed by atoms with van der Waals surface area (Å²) < 4.78 is 24.9. The van der Waals surface area contributed by atoms with Gasteiger partial charge in [-0.1, -0.05) is 108 Å². The highest BCUT2D eigenvalue weighted by atomic mass is 28.4. The van der Waals surface area contributed by atoms with Gasteiger partial charge in [-0.2, -0.15) is 0 Å². The Balaban J connectivity index is 3.51. The first-order valence-corrected chi connectivity index (χ1v) is 24.2. The van der Waals surface area contributed by atoms with Crippen molar-refractivity contribution in [3.8, 4) is 0 Å². The summed E-state index contributed by atoms with van der Waals surface area (Å²) in [5.41, 5.74) is 3.23. The number of aliphatic hydroxyl groups excluding tert-OH is 1. The Morgan fingerprint density at radius 3 is 2.16 bits per heavy atom. The van der Waals surface area contributed by atoms with Crippen LogP contribution in [-0.4, -0.2) is 65.2 Å². The van der Waals surface area contributed by atoms with Crippen molar-refractivity contribution in [1.82, 2.24) is 0 Å². The zero-order valence-electron chi connectivity index (χ0n) is 33.5. The van der Waals surface area contributed by atoms with Crippen LogP contribution in [0.2, 0.25) is 36.3 Å². The number of cyclic esters (lactones) is 1. The van der Waals surface area contributed by atoms with Crippen LogP contribution in [0.1, 0.15) is 101 Å². The smallest absolute Gasteiger partial charge is 0.330 e. The van der Waals surface area contributed by atoms with Gasteiger partial charge in [-0.05, 0) is 82.2 Å². The zero-order valence-corrected chi connectivity index (χ0v) is 35.5. The first kappa shape index (κ1) is 45.7. The van der Waals surface area contributed by atoms with E-state index in [0.29, 0.717) is 35.9 Å². The van der Waals surface area contributed by atoms with Gasteiger partial charge in [0.1, 0.15) is 6.10 Å². The van der Waals surface area contributed by atoms with Crippen LogP contribution < -0.4 is 0 Å². The van der Waals surface area contributed by atoms with Gasteiger partial charge in [0.15, 0.2) is 8.32 Å².